The molecule has 0 aromatic heterocycles. The maximum atomic E-state index is 10.7. The number of nitrogens with two attached hydrogens (primary N) is 2. The number of hydrogen-bond donors (Lipinski definition) is 3. The van der Waals surface area contributed by atoms with Crippen LogP contribution in [0.4, 0.5) is 0 Å². The summed E-state index contributed by atoms with van der Waals surface area (Å²) in [5, 5.41) is 8.75. The molecule has 0 aliphatic heterocycles. The summed E-state index contributed by atoms with van der Waals surface area (Å²) < 4.78 is 0. The van der Waals surface area contributed by atoms with Crippen molar-refractivity contribution in [2.45, 2.75) is 32.2 Å². The van der Waals surface area contributed by atoms with Crippen molar-refractivity contribution in [1.29, 1.82) is 0 Å². The largest absolute Gasteiger partial charge is 0.480 e. The van der Waals surface area contributed by atoms with Gasteiger partial charge in [0.1, 0.15) is 5.54 Å². The van der Waals surface area contributed by atoms with Crippen LogP contribution >= 0.6 is 0 Å². The quantitative estimate of drug-likeness (QED) is 0.554. The van der Waals surface area contributed by atoms with Crippen molar-refractivity contribution in [3.05, 3.63) is 0 Å². The minimum atomic E-state index is -1.13. The van der Waals surface area contributed by atoms with E-state index in [1.165, 1.54) is 6.92 Å². The predicted molar refractivity (Wildman–Crippen MR) is 47.7 cm³/mol. The second-order valence-electron chi connectivity index (χ2n) is 3.42. The minimum Gasteiger partial charge on any atom is -0.480 e. The Kier molecular flexibility index (Phi) is 4.20. The number of rotatable bonds is 5. The van der Waals surface area contributed by atoms with Gasteiger partial charge in [0.25, 0.3) is 0 Å². The van der Waals surface area contributed by atoms with Crippen LogP contribution in [0.2, 0.25) is 0 Å². The molecule has 2 unspecified atom stereocenters. The lowest BCUT2D eigenvalue weighted by atomic mass is 9.85. The summed E-state index contributed by atoms with van der Waals surface area (Å²) in [6.07, 6.45) is 1.58. The van der Waals surface area contributed by atoms with Gasteiger partial charge in [0, 0.05) is 0 Å². The van der Waals surface area contributed by atoms with Crippen LogP contribution < -0.4 is 11.5 Å². The Bertz CT molecular complexity index is 157. The highest BCUT2D eigenvalue weighted by atomic mass is 16.4. The lowest BCUT2D eigenvalue weighted by molar-refractivity contribution is -0.144. The number of carboxylic acids is 1. The molecule has 0 radical (unpaired) electrons. The van der Waals surface area contributed by atoms with Gasteiger partial charge in [-0.15, -0.1) is 0 Å². The van der Waals surface area contributed by atoms with Crippen molar-refractivity contribution in [3.8, 4) is 0 Å². The Morgan fingerprint density at radius 2 is 2.17 bits per heavy atom. The van der Waals surface area contributed by atoms with Crippen LogP contribution in [0, 0.1) is 5.92 Å². The molecule has 5 N–H and O–H groups in total. The molecule has 2 atom stereocenters. The summed E-state index contributed by atoms with van der Waals surface area (Å²) in [6.45, 7) is 3.96. The molecule has 4 nitrogen and oxygen atoms in total. The van der Waals surface area contributed by atoms with Gasteiger partial charge in [-0.05, 0) is 32.2 Å². The van der Waals surface area contributed by atoms with Crippen molar-refractivity contribution in [1.82, 2.24) is 0 Å². The standard InChI is InChI=1S/C8H18N2O2/c1-6(4-3-5-9)8(2,10)7(11)12/h6H,3-5,9-10H2,1-2H3,(H,11,12). The molecule has 0 bridgehead atoms. The first-order valence-electron chi connectivity index (χ1n) is 4.15. The van der Waals surface area contributed by atoms with Gasteiger partial charge in [0.2, 0.25) is 0 Å². The third-order valence-corrected chi connectivity index (χ3v) is 2.33. The first-order valence-corrected chi connectivity index (χ1v) is 4.15. The van der Waals surface area contributed by atoms with Gasteiger partial charge in [0.05, 0.1) is 0 Å². The summed E-state index contributed by atoms with van der Waals surface area (Å²) in [4.78, 5) is 10.7. The van der Waals surface area contributed by atoms with E-state index in [4.69, 9.17) is 16.6 Å². The van der Waals surface area contributed by atoms with Gasteiger partial charge in [-0.25, -0.2) is 0 Å². The SMILES string of the molecule is CC(CCCN)C(C)(N)C(=O)O. The minimum absolute atomic E-state index is 0.0430. The van der Waals surface area contributed by atoms with E-state index in [0.29, 0.717) is 6.54 Å². The molecule has 0 saturated carbocycles. The zero-order chi connectivity index (χ0) is 9.78. The second kappa shape index (κ2) is 4.42. The predicted octanol–water partition coefficient (Wildman–Crippen LogP) is 0.163. The molecule has 4 heteroatoms. The third-order valence-electron chi connectivity index (χ3n) is 2.33. The van der Waals surface area contributed by atoms with Crippen LogP contribution in [0.5, 0.6) is 0 Å². The number of hydrogen-bond acceptors (Lipinski definition) is 3. The third kappa shape index (κ3) is 2.79. The monoisotopic (exact) mass is 174 g/mol. The molecule has 12 heavy (non-hydrogen) atoms. The molecule has 72 valence electrons. The molecule has 0 spiro atoms. The van der Waals surface area contributed by atoms with Crippen LogP contribution in [0.25, 0.3) is 0 Å². The molecule has 0 aromatic carbocycles. The average Bonchev–Trinajstić information content (AvgIpc) is 1.99. The van der Waals surface area contributed by atoms with E-state index in [-0.39, 0.29) is 5.92 Å². The molecule has 0 aliphatic rings. The smallest absolute Gasteiger partial charge is 0.323 e. The lowest BCUT2D eigenvalue weighted by Crippen LogP contribution is -2.50. The molecule has 0 rings (SSSR count). The highest BCUT2D eigenvalue weighted by molar-refractivity contribution is 5.78. The van der Waals surface area contributed by atoms with E-state index in [1.54, 1.807) is 0 Å². The van der Waals surface area contributed by atoms with E-state index in [1.807, 2.05) is 6.92 Å². The van der Waals surface area contributed by atoms with Gasteiger partial charge in [-0.2, -0.15) is 0 Å². The molecule has 0 aliphatic carbocycles. The Balaban J connectivity index is 4.06. The second-order valence-corrected chi connectivity index (χ2v) is 3.42. The fourth-order valence-corrected chi connectivity index (χ4v) is 0.935. The van der Waals surface area contributed by atoms with Crippen LogP contribution in [0.1, 0.15) is 26.7 Å². The maximum Gasteiger partial charge on any atom is 0.323 e. The van der Waals surface area contributed by atoms with Crippen molar-refractivity contribution in [2.24, 2.45) is 17.4 Å². The fourth-order valence-electron chi connectivity index (χ4n) is 0.935. The first-order chi connectivity index (χ1) is 5.42. The van der Waals surface area contributed by atoms with Crippen molar-refractivity contribution in [3.63, 3.8) is 0 Å². The topological polar surface area (TPSA) is 89.3 Å². The van der Waals surface area contributed by atoms with Gasteiger partial charge in [-0.1, -0.05) is 6.92 Å². The molecular weight excluding hydrogens is 156 g/mol. The van der Waals surface area contributed by atoms with Crippen molar-refractivity contribution in [2.75, 3.05) is 6.54 Å². The Morgan fingerprint density at radius 1 is 1.67 bits per heavy atom. The van der Waals surface area contributed by atoms with E-state index in [2.05, 4.69) is 0 Å². The zero-order valence-corrected chi connectivity index (χ0v) is 7.71. The highest BCUT2D eigenvalue weighted by Crippen LogP contribution is 2.18. The van der Waals surface area contributed by atoms with E-state index in [0.717, 1.165) is 12.8 Å². The van der Waals surface area contributed by atoms with E-state index < -0.39 is 11.5 Å². The molecule has 0 aromatic rings. The van der Waals surface area contributed by atoms with Gasteiger partial charge in [0.15, 0.2) is 0 Å². The first kappa shape index (κ1) is 11.4. The molecule has 0 heterocycles. The van der Waals surface area contributed by atoms with E-state index in [9.17, 15) is 4.79 Å². The van der Waals surface area contributed by atoms with Crippen LogP contribution in [0.3, 0.4) is 0 Å². The Morgan fingerprint density at radius 3 is 2.50 bits per heavy atom. The molecule has 0 fully saturated rings. The van der Waals surface area contributed by atoms with Crippen molar-refractivity contribution >= 4 is 5.97 Å². The zero-order valence-electron chi connectivity index (χ0n) is 7.71. The Labute approximate surface area is 72.9 Å². The summed E-state index contributed by atoms with van der Waals surface area (Å²) >= 11 is 0. The summed E-state index contributed by atoms with van der Waals surface area (Å²) in [5.74, 6) is -0.995. The normalized spacial score (nSPS) is 18.3. The lowest BCUT2D eigenvalue weighted by Gasteiger charge is -2.26. The number of carboxylic acid groups (broad SMARTS) is 1. The molecule has 0 amide bonds. The number of aliphatic carboxylic acids is 1. The van der Waals surface area contributed by atoms with Crippen LogP contribution in [0.15, 0.2) is 0 Å². The average molecular weight is 174 g/mol. The van der Waals surface area contributed by atoms with Crippen molar-refractivity contribution < 1.29 is 9.90 Å². The van der Waals surface area contributed by atoms with Crippen LogP contribution in [-0.4, -0.2) is 23.2 Å². The summed E-state index contributed by atoms with van der Waals surface area (Å²) in [7, 11) is 0. The maximum absolute atomic E-state index is 10.7. The summed E-state index contributed by atoms with van der Waals surface area (Å²) in [5.41, 5.74) is 9.78. The van der Waals surface area contributed by atoms with Gasteiger partial charge >= 0.3 is 5.97 Å². The number of carbonyl (C=O) groups is 1. The van der Waals surface area contributed by atoms with Gasteiger partial charge < -0.3 is 16.6 Å². The fraction of sp³-hybridized carbons (Fsp3) is 0.875. The molecule has 0 saturated heterocycles. The van der Waals surface area contributed by atoms with Gasteiger partial charge in [-0.3, -0.25) is 4.79 Å². The Hall–Kier alpha value is -0.610. The van der Waals surface area contributed by atoms with Crippen LogP contribution in [-0.2, 0) is 4.79 Å². The van der Waals surface area contributed by atoms with E-state index >= 15 is 0 Å². The summed E-state index contributed by atoms with van der Waals surface area (Å²) in [6, 6.07) is 0. The molecular formula is C8H18N2O2. The highest BCUT2D eigenvalue weighted by Gasteiger charge is 2.33.